The zero-order valence-corrected chi connectivity index (χ0v) is 8.52. The van der Waals surface area contributed by atoms with Crippen LogP contribution in [0.1, 0.15) is 43.6 Å². The van der Waals surface area contributed by atoms with Crippen LogP contribution in [-0.4, -0.2) is 11.2 Å². The number of hydrogen-bond acceptors (Lipinski definition) is 1. The van der Waals surface area contributed by atoms with Crippen LogP contribution in [0, 0.1) is 0 Å². The van der Waals surface area contributed by atoms with Gasteiger partial charge >= 0.3 is 0 Å². The number of rotatable bonds is 1. The second-order valence-electron chi connectivity index (χ2n) is 4.28. The van der Waals surface area contributed by atoms with Crippen LogP contribution in [-0.2, 0) is 0 Å². The van der Waals surface area contributed by atoms with E-state index < -0.39 is 0 Å². The second-order valence-corrected chi connectivity index (χ2v) is 4.28. The summed E-state index contributed by atoms with van der Waals surface area (Å²) in [7, 11) is 0. The molecule has 0 aliphatic heterocycles. The van der Waals surface area contributed by atoms with Gasteiger partial charge in [-0.25, -0.2) is 0 Å². The van der Waals surface area contributed by atoms with Crippen molar-refractivity contribution >= 4 is 0 Å². The molecule has 1 saturated carbocycles. The molecule has 1 aromatic carbocycles. The summed E-state index contributed by atoms with van der Waals surface area (Å²) in [6.07, 6.45) is 5.54. The van der Waals surface area contributed by atoms with E-state index in [0.717, 1.165) is 12.8 Å². The van der Waals surface area contributed by atoms with Crippen molar-refractivity contribution in [2.24, 2.45) is 0 Å². The Morgan fingerprint density at radius 3 is 2.50 bits per heavy atom. The van der Waals surface area contributed by atoms with Crippen molar-refractivity contribution in [2.45, 2.75) is 44.1 Å². The molecule has 2 rings (SSSR count). The molecule has 0 aromatic heterocycles. The van der Waals surface area contributed by atoms with E-state index in [4.69, 9.17) is 0 Å². The predicted octanol–water partition coefficient (Wildman–Crippen LogP) is 3.10. The van der Waals surface area contributed by atoms with E-state index in [1.807, 2.05) is 0 Å². The van der Waals surface area contributed by atoms with Crippen LogP contribution in [0.25, 0.3) is 0 Å². The van der Waals surface area contributed by atoms with E-state index >= 15 is 0 Å². The Morgan fingerprint density at radius 2 is 1.71 bits per heavy atom. The van der Waals surface area contributed by atoms with Crippen LogP contribution in [0.5, 0.6) is 0 Å². The fraction of sp³-hybridized carbons (Fsp3) is 0.538. The lowest BCUT2D eigenvalue weighted by molar-refractivity contribution is 0.152. The Morgan fingerprint density at radius 1 is 1.00 bits per heavy atom. The molecular formula is C13H18O. The highest BCUT2D eigenvalue weighted by atomic mass is 16.3. The van der Waals surface area contributed by atoms with Crippen molar-refractivity contribution in [3.8, 4) is 0 Å². The molecule has 0 saturated heterocycles. The van der Waals surface area contributed by atoms with Gasteiger partial charge in [0.2, 0.25) is 0 Å². The van der Waals surface area contributed by atoms with Crippen molar-refractivity contribution in [1.82, 2.24) is 0 Å². The Bertz CT molecular complexity index is 268. The fourth-order valence-electron chi connectivity index (χ4n) is 2.36. The van der Waals surface area contributed by atoms with E-state index in [9.17, 15) is 5.11 Å². The predicted molar refractivity (Wildman–Crippen MR) is 58.3 cm³/mol. The Kier molecular flexibility index (Phi) is 3.20. The highest BCUT2D eigenvalue weighted by molar-refractivity contribution is 5.19. The van der Waals surface area contributed by atoms with E-state index in [1.165, 1.54) is 24.8 Å². The zero-order chi connectivity index (χ0) is 9.80. The second kappa shape index (κ2) is 4.61. The fourth-order valence-corrected chi connectivity index (χ4v) is 2.36. The van der Waals surface area contributed by atoms with Gasteiger partial charge in [-0.15, -0.1) is 0 Å². The molecule has 0 heterocycles. The molecular weight excluding hydrogens is 172 g/mol. The maximum absolute atomic E-state index is 9.72. The minimum atomic E-state index is -0.0808. The summed E-state index contributed by atoms with van der Waals surface area (Å²) in [6, 6.07) is 10.6. The number of aliphatic hydroxyl groups excluding tert-OH is 1. The highest BCUT2D eigenvalue weighted by Gasteiger charge is 2.19. The molecule has 0 amide bonds. The lowest BCUT2D eigenvalue weighted by atomic mass is 9.91. The lowest BCUT2D eigenvalue weighted by Crippen LogP contribution is -2.09. The largest absolute Gasteiger partial charge is 0.393 e. The first kappa shape index (κ1) is 9.72. The average molecular weight is 190 g/mol. The Hall–Kier alpha value is -0.820. The molecule has 14 heavy (non-hydrogen) atoms. The molecule has 1 nitrogen and oxygen atoms in total. The van der Waals surface area contributed by atoms with Gasteiger partial charge in [0.1, 0.15) is 0 Å². The van der Waals surface area contributed by atoms with Gasteiger partial charge in [-0.05, 0) is 30.7 Å². The van der Waals surface area contributed by atoms with Gasteiger partial charge < -0.3 is 5.11 Å². The van der Waals surface area contributed by atoms with Crippen molar-refractivity contribution in [1.29, 1.82) is 0 Å². The van der Waals surface area contributed by atoms with Crippen LogP contribution in [0.4, 0.5) is 0 Å². The van der Waals surface area contributed by atoms with Crippen molar-refractivity contribution in [2.75, 3.05) is 0 Å². The molecule has 0 bridgehead atoms. The summed E-state index contributed by atoms with van der Waals surface area (Å²) < 4.78 is 0. The molecule has 2 atom stereocenters. The van der Waals surface area contributed by atoms with Gasteiger partial charge in [0.15, 0.2) is 0 Å². The third-order valence-corrected chi connectivity index (χ3v) is 3.17. The molecule has 1 aromatic rings. The normalized spacial score (nSPS) is 28.4. The van der Waals surface area contributed by atoms with E-state index in [2.05, 4.69) is 30.3 Å². The third kappa shape index (κ3) is 2.36. The molecule has 0 unspecified atom stereocenters. The maximum atomic E-state index is 9.72. The molecule has 1 aliphatic carbocycles. The topological polar surface area (TPSA) is 20.2 Å². The van der Waals surface area contributed by atoms with Crippen molar-refractivity contribution < 1.29 is 5.11 Å². The van der Waals surface area contributed by atoms with Gasteiger partial charge in [0.05, 0.1) is 6.10 Å². The van der Waals surface area contributed by atoms with Crippen LogP contribution in [0.3, 0.4) is 0 Å². The van der Waals surface area contributed by atoms with Crippen LogP contribution < -0.4 is 0 Å². The SMILES string of the molecule is O[C@H]1CCCC[C@H](c2ccccc2)C1. The molecule has 0 radical (unpaired) electrons. The Balaban J connectivity index is 2.09. The number of aliphatic hydroxyl groups is 1. The third-order valence-electron chi connectivity index (χ3n) is 3.17. The summed E-state index contributed by atoms with van der Waals surface area (Å²) in [5, 5.41) is 9.72. The summed E-state index contributed by atoms with van der Waals surface area (Å²) in [5.74, 6) is 0.577. The van der Waals surface area contributed by atoms with Crippen LogP contribution >= 0.6 is 0 Å². The van der Waals surface area contributed by atoms with Crippen LogP contribution in [0.15, 0.2) is 30.3 Å². The molecule has 0 spiro atoms. The maximum Gasteiger partial charge on any atom is 0.0546 e. The monoisotopic (exact) mass is 190 g/mol. The first-order valence-electron chi connectivity index (χ1n) is 5.59. The van der Waals surface area contributed by atoms with Gasteiger partial charge in [-0.3, -0.25) is 0 Å². The zero-order valence-electron chi connectivity index (χ0n) is 8.52. The van der Waals surface area contributed by atoms with E-state index in [0.29, 0.717) is 5.92 Å². The van der Waals surface area contributed by atoms with Gasteiger partial charge in [0, 0.05) is 0 Å². The molecule has 1 heteroatoms. The molecule has 1 aliphatic rings. The van der Waals surface area contributed by atoms with E-state index in [-0.39, 0.29) is 6.10 Å². The number of benzene rings is 1. The quantitative estimate of drug-likeness (QED) is 0.675. The van der Waals surface area contributed by atoms with E-state index in [1.54, 1.807) is 0 Å². The van der Waals surface area contributed by atoms with Gasteiger partial charge in [-0.2, -0.15) is 0 Å². The smallest absolute Gasteiger partial charge is 0.0546 e. The molecule has 76 valence electrons. The number of hydrogen-bond donors (Lipinski definition) is 1. The highest BCUT2D eigenvalue weighted by Crippen LogP contribution is 2.31. The molecule has 1 N–H and O–H groups in total. The van der Waals surface area contributed by atoms with Gasteiger partial charge in [-0.1, -0.05) is 43.2 Å². The van der Waals surface area contributed by atoms with Gasteiger partial charge in [0.25, 0.3) is 0 Å². The van der Waals surface area contributed by atoms with Crippen LogP contribution in [0.2, 0.25) is 0 Å². The Labute approximate surface area is 85.8 Å². The lowest BCUT2D eigenvalue weighted by Gasteiger charge is -2.16. The molecule has 1 fully saturated rings. The summed E-state index contributed by atoms with van der Waals surface area (Å²) >= 11 is 0. The summed E-state index contributed by atoms with van der Waals surface area (Å²) in [4.78, 5) is 0. The summed E-state index contributed by atoms with van der Waals surface area (Å²) in [5.41, 5.74) is 1.40. The minimum absolute atomic E-state index is 0.0808. The first-order chi connectivity index (χ1) is 6.86. The first-order valence-corrected chi connectivity index (χ1v) is 5.59. The standard InChI is InChI=1S/C13H18O/c14-13-9-5-4-8-12(10-13)11-6-2-1-3-7-11/h1-3,6-7,12-14H,4-5,8-10H2/t12-,13-/m0/s1. The average Bonchev–Trinajstić information content (AvgIpc) is 2.44. The summed E-state index contributed by atoms with van der Waals surface area (Å²) in [6.45, 7) is 0. The minimum Gasteiger partial charge on any atom is -0.393 e. The van der Waals surface area contributed by atoms with Crippen molar-refractivity contribution in [3.05, 3.63) is 35.9 Å². The van der Waals surface area contributed by atoms with Crippen molar-refractivity contribution in [3.63, 3.8) is 0 Å².